The van der Waals surface area contributed by atoms with Crippen LogP contribution in [0.15, 0.2) is 11.6 Å². The molecule has 0 unspecified atom stereocenters. The average Bonchev–Trinajstić information content (AvgIpc) is 3.05. The molecular formula is C25H36O5. The average molecular weight is 417 g/mol. The van der Waals surface area contributed by atoms with Crippen LogP contribution in [0.1, 0.15) is 85.5 Å². The fourth-order valence-electron chi connectivity index (χ4n) is 7.33. The second kappa shape index (κ2) is 7.80. The Bertz CT molecular complexity index is 770. The largest absolute Gasteiger partial charge is 0.462 e. The Balaban J connectivity index is 1.57. The van der Waals surface area contributed by atoms with E-state index >= 15 is 0 Å². The number of fused-ring (bicyclic) bond motifs is 5. The van der Waals surface area contributed by atoms with Gasteiger partial charge in [0.2, 0.25) is 0 Å². The molecule has 0 spiro atoms. The van der Waals surface area contributed by atoms with Gasteiger partial charge in [0.25, 0.3) is 0 Å². The van der Waals surface area contributed by atoms with E-state index in [1.54, 1.807) is 13.0 Å². The van der Waals surface area contributed by atoms with Gasteiger partial charge in [-0.05, 0) is 67.8 Å². The van der Waals surface area contributed by atoms with Crippen LogP contribution in [0, 0.1) is 28.6 Å². The zero-order chi connectivity index (χ0) is 21.7. The number of rotatable bonds is 4. The predicted octanol–water partition coefficient (Wildman–Crippen LogP) is 4.77. The van der Waals surface area contributed by atoms with E-state index in [9.17, 15) is 14.4 Å². The Morgan fingerprint density at radius 1 is 1.00 bits per heavy atom. The monoisotopic (exact) mass is 416 g/mol. The van der Waals surface area contributed by atoms with Gasteiger partial charge in [-0.1, -0.05) is 33.3 Å². The third-order valence-electron chi connectivity index (χ3n) is 9.02. The fourth-order valence-corrected chi connectivity index (χ4v) is 7.33. The molecule has 0 aromatic rings. The van der Waals surface area contributed by atoms with E-state index in [1.165, 1.54) is 5.57 Å². The molecule has 3 saturated carbocycles. The Hall–Kier alpha value is -1.65. The molecule has 0 heterocycles. The maximum Gasteiger partial charge on any atom is 0.306 e. The summed E-state index contributed by atoms with van der Waals surface area (Å²) in [4.78, 5) is 36.5. The molecule has 30 heavy (non-hydrogen) atoms. The summed E-state index contributed by atoms with van der Waals surface area (Å²) in [6, 6.07) is 0. The van der Waals surface area contributed by atoms with Gasteiger partial charge in [0.1, 0.15) is 6.10 Å². The summed E-state index contributed by atoms with van der Waals surface area (Å²) in [5.74, 6) is 1.19. The third-order valence-corrected chi connectivity index (χ3v) is 9.02. The van der Waals surface area contributed by atoms with Crippen molar-refractivity contribution in [3.8, 4) is 0 Å². The minimum Gasteiger partial charge on any atom is -0.462 e. The molecule has 0 saturated heterocycles. The number of ketones is 1. The van der Waals surface area contributed by atoms with Crippen LogP contribution in [0.4, 0.5) is 0 Å². The van der Waals surface area contributed by atoms with Crippen molar-refractivity contribution in [3.05, 3.63) is 11.6 Å². The predicted molar refractivity (Wildman–Crippen MR) is 112 cm³/mol. The van der Waals surface area contributed by atoms with Gasteiger partial charge in [-0.3, -0.25) is 14.4 Å². The van der Waals surface area contributed by atoms with E-state index in [0.29, 0.717) is 37.0 Å². The lowest BCUT2D eigenvalue weighted by molar-refractivity contribution is -0.162. The van der Waals surface area contributed by atoms with Crippen molar-refractivity contribution in [1.29, 1.82) is 0 Å². The second-order valence-electron chi connectivity index (χ2n) is 10.4. The second-order valence-corrected chi connectivity index (χ2v) is 10.4. The summed E-state index contributed by atoms with van der Waals surface area (Å²) in [6.07, 6.45) is 8.79. The van der Waals surface area contributed by atoms with Gasteiger partial charge in [-0.2, -0.15) is 0 Å². The van der Waals surface area contributed by atoms with Crippen molar-refractivity contribution in [2.75, 3.05) is 0 Å². The molecular weight excluding hydrogens is 380 g/mol. The molecule has 0 radical (unpaired) electrons. The van der Waals surface area contributed by atoms with Gasteiger partial charge in [0.05, 0.1) is 0 Å². The van der Waals surface area contributed by atoms with Gasteiger partial charge in [0, 0.05) is 24.7 Å². The molecule has 3 fully saturated rings. The van der Waals surface area contributed by atoms with Gasteiger partial charge < -0.3 is 9.47 Å². The minimum absolute atomic E-state index is 0.0341. The van der Waals surface area contributed by atoms with E-state index in [4.69, 9.17) is 9.47 Å². The van der Waals surface area contributed by atoms with Crippen molar-refractivity contribution >= 4 is 17.7 Å². The summed E-state index contributed by atoms with van der Waals surface area (Å²) in [5, 5.41) is 0. The molecule has 0 amide bonds. The Labute approximate surface area is 179 Å². The smallest absolute Gasteiger partial charge is 0.306 e. The van der Waals surface area contributed by atoms with Crippen molar-refractivity contribution in [2.45, 2.75) is 97.7 Å². The molecule has 0 N–H and O–H groups in total. The first-order chi connectivity index (χ1) is 14.2. The first-order valence-electron chi connectivity index (χ1n) is 11.9. The highest BCUT2D eigenvalue weighted by Gasteiger charge is 2.60. The molecule has 0 aliphatic heterocycles. The summed E-state index contributed by atoms with van der Waals surface area (Å²) in [6.45, 7) is 8.24. The van der Waals surface area contributed by atoms with Crippen LogP contribution in [0.2, 0.25) is 0 Å². The highest BCUT2D eigenvalue weighted by atomic mass is 16.5. The van der Waals surface area contributed by atoms with E-state index in [2.05, 4.69) is 13.8 Å². The van der Waals surface area contributed by atoms with Crippen LogP contribution in [0.5, 0.6) is 0 Å². The van der Waals surface area contributed by atoms with Crippen molar-refractivity contribution in [1.82, 2.24) is 0 Å². The normalized spacial score (nSPS) is 42.5. The van der Waals surface area contributed by atoms with Crippen molar-refractivity contribution in [3.63, 3.8) is 0 Å². The molecule has 4 aliphatic rings. The third kappa shape index (κ3) is 3.33. The first-order valence-corrected chi connectivity index (χ1v) is 11.9. The number of hydrogen-bond acceptors (Lipinski definition) is 5. The number of carbonyl (C=O) groups is 3. The van der Waals surface area contributed by atoms with Crippen LogP contribution >= 0.6 is 0 Å². The standard InChI is InChI=1S/C25H36O5/c1-5-22(27)29-20-14-25(4)15(13-19(20)26)7-8-16-17-9-10-21(30-23(28)6-2)24(17,3)12-11-18(16)25/h13,16-18,20-21H,5-12,14H2,1-4H3/t16-,17-,18-,20+,21-,24-,25-/m0/s1. The van der Waals surface area contributed by atoms with Crippen LogP contribution in [0.25, 0.3) is 0 Å². The molecule has 0 aromatic carbocycles. The molecule has 4 rings (SSSR count). The van der Waals surface area contributed by atoms with Crippen molar-refractivity contribution < 1.29 is 23.9 Å². The lowest BCUT2D eigenvalue weighted by Crippen LogP contribution is -2.53. The SMILES string of the molecule is CCC(=O)O[C@H]1CC[C@H]2[C@@H]3CCC4=CC(=O)[C@H](OC(=O)CC)C[C@]4(C)[C@H]3CC[C@]12C. The van der Waals surface area contributed by atoms with E-state index in [1.807, 2.05) is 6.92 Å². The zero-order valence-corrected chi connectivity index (χ0v) is 18.9. The van der Waals surface area contributed by atoms with Crippen LogP contribution in [0.3, 0.4) is 0 Å². The lowest BCUT2D eigenvalue weighted by Gasteiger charge is -2.58. The maximum absolute atomic E-state index is 12.6. The van der Waals surface area contributed by atoms with Crippen LogP contribution < -0.4 is 0 Å². The Kier molecular flexibility index (Phi) is 5.61. The van der Waals surface area contributed by atoms with Gasteiger partial charge in [0.15, 0.2) is 11.9 Å². The molecule has 0 aromatic heterocycles. The zero-order valence-electron chi connectivity index (χ0n) is 18.9. The maximum atomic E-state index is 12.6. The number of esters is 2. The lowest BCUT2D eigenvalue weighted by atomic mass is 9.47. The van der Waals surface area contributed by atoms with E-state index in [-0.39, 0.29) is 34.7 Å². The number of allylic oxidation sites excluding steroid dienone is 1. The number of carbonyl (C=O) groups excluding carboxylic acids is 3. The van der Waals surface area contributed by atoms with E-state index < -0.39 is 6.10 Å². The number of hydrogen-bond donors (Lipinski definition) is 0. The van der Waals surface area contributed by atoms with Gasteiger partial charge in [-0.15, -0.1) is 0 Å². The Morgan fingerprint density at radius 3 is 2.40 bits per heavy atom. The molecule has 5 nitrogen and oxygen atoms in total. The summed E-state index contributed by atoms with van der Waals surface area (Å²) in [5.41, 5.74) is 1.23. The topological polar surface area (TPSA) is 69.7 Å². The summed E-state index contributed by atoms with van der Waals surface area (Å²) in [7, 11) is 0. The van der Waals surface area contributed by atoms with Crippen LogP contribution in [-0.4, -0.2) is 29.9 Å². The van der Waals surface area contributed by atoms with Gasteiger partial charge >= 0.3 is 11.9 Å². The van der Waals surface area contributed by atoms with Crippen molar-refractivity contribution in [2.24, 2.45) is 28.6 Å². The molecule has 7 atom stereocenters. The quantitative estimate of drug-likeness (QED) is 0.617. The summed E-state index contributed by atoms with van der Waals surface area (Å²) < 4.78 is 11.4. The molecule has 4 aliphatic carbocycles. The first kappa shape index (κ1) is 21.6. The highest BCUT2D eigenvalue weighted by Crippen LogP contribution is 2.65. The van der Waals surface area contributed by atoms with E-state index in [0.717, 1.165) is 38.5 Å². The molecule has 0 bridgehead atoms. The minimum atomic E-state index is -0.639. The summed E-state index contributed by atoms with van der Waals surface area (Å²) >= 11 is 0. The fraction of sp³-hybridized carbons (Fsp3) is 0.800. The van der Waals surface area contributed by atoms with Crippen LogP contribution in [-0.2, 0) is 23.9 Å². The molecule has 166 valence electrons. The molecule has 5 heteroatoms. The highest BCUT2D eigenvalue weighted by molar-refractivity contribution is 5.96. The van der Waals surface area contributed by atoms with Gasteiger partial charge in [-0.25, -0.2) is 0 Å². The Morgan fingerprint density at radius 2 is 1.70 bits per heavy atom. The number of ether oxygens (including phenoxy) is 2.